The molecule has 0 aromatic carbocycles. The van der Waals surface area contributed by atoms with Crippen LogP contribution in [0.25, 0.3) is 10.6 Å². The first-order chi connectivity index (χ1) is 7.18. The van der Waals surface area contributed by atoms with E-state index in [0.29, 0.717) is 0 Å². The van der Waals surface area contributed by atoms with Crippen LogP contribution in [0.1, 0.15) is 0 Å². The highest BCUT2D eigenvalue weighted by molar-refractivity contribution is 9.10. The van der Waals surface area contributed by atoms with E-state index >= 15 is 0 Å². The third kappa shape index (κ3) is 2.15. The Kier molecular flexibility index (Phi) is 2.97. The summed E-state index contributed by atoms with van der Waals surface area (Å²) in [7, 11) is 3.89. The van der Waals surface area contributed by atoms with Gasteiger partial charge in [-0.3, -0.25) is 0 Å². The maximum atomic E-state index is 4.15. The van der Waals surface area contributed by atoms with Crippen molar-refractivity contribution < 1.29 is 0 Å². The summed E-state index contributed by atoms with van der Waals surface area (Å²) in [6.07, 6.45) is 1.74. The zero-order valence-electron chi connectivity index (χ0n) is 8.31. The van der Waals surface area contributed by atoms with Crippen molar-refractivity contribution in [3.05, 3.63) is 22.9 Å². The molecule has 0 aliphatic rings. The standard InChI is InChI=1S/C9H9BrN4S/c1-14(2)9-13-12-8(15-9)6-4-3-5-11-7(6)10/h3-5H,1-2H3. The molecule has 0 fully saturated rings. The minimum absolute atomic E-state index is 0.798. The fourth-order valence-electron chi connectivity index (χ4n) is 1.05. The molecule has 2 aromatic heterocycles. The van der Waals surface area contributed by atoms with Gasteiger partial charge in [-0.25, -0.2) is 4.98 Å². The molecule has 15 heavy (non-hydrogen) atoms. The Morgan fingerprint density at radius 3 is 2.73 bits per heavy atom. The lowest BCUT2D eigenvalue weighted by Gasteiger charge is -2.03. The Morgan fingerprint density at radius 1 is 1.33 bits per heavy atom. The van der Waals surface area contributed by atoms with Crippen LogP contribution in [-0.4, -0.2) is 29.3 Å². The van der Waals surface area contributed by atoms with E-state index < -0.39 is 0 Å². The number of nitrogens with zero attached hydrogens (tertiary/aromatic N) is 4. The zero-order valence-corrected chi connectivity index (χ0v) is 10.7. The van der Waals surface area contributed by atoms with Crippen molar-refractivity contribution >= 4 is 32.4 Å². The van der Waals surface area contributed by atoms with Crippen molar-refractivity contribution in [3.8, 4) is 10.6 Å². The highest BCUT2D eigenvalue weighted by atomic mass is 79.9. The largest absolute Gasteiger partial charge is 0.353 e. The lowest BCUT2D eigenvalue weighted by molar-refractivity contribution is 1.02. The highest BCUT2D eigenvalue weighted by Gasteiger charge is 2.10. The average Bonchev–Trinajstić information content (AvgIpc) is 2.67. The first-order valence-corrected chi connectivity index (χ1v) is 5.91. The van der Waals surface area contributed by atoms with Crippen molar-refractivity contribution in [2.45, 2.75) is 0 Å². The van der Waals surface area contributed by atoms with E-state index in [1.807, 2.05) is 31.1 Å². The Labute approximate surface area is 100 Å². The first kappa shape index (κ1) is 10.5. The molecular formula is C9H9BrN4S. The first-order valence-electron chi connectivity index (χ1n) is 4.30. The number of hydrogen-bond donors (Lipinski definition) is 0. The van der Waals surface area contributed by atoms with Crippen LogP contribution in [0, 0.1) is 0 Å². The van der Waals surface area contributed by atoms with Crippen molar-refractivity contribution in [1.82, 2.24) is 15.2 Å². The number of anilines is 1. The fraction of sp³-hybridized carbons (Fsp3) is 0.222. The van der Waals surface area contributed by atoms with Gasteiger partial charge in [0, 0.05) is 25.9 Å². The SMILES string of the molecule is CN(C)c1nnc(-c2cccnc2Br)s1. The summed E-state index contributed by atoms with van der Waals surface area (Å²) >= 11 is 4.94. The molecular weight excluding hydrogens is 276 g/mol. The van der Waals surface area contributed by atoms with Gasteiger partial charge in [-0.2, -0.15) is 0 Å². The molecule has 0 aliphatic carbocycles. The second-order valence-corrected chi connectivity index (χ2v) is 4.83. The maximum absolute atomic E-state index is 4.15. The van der Waals surface area contributed by atoms with Gasteiger partial charge in [0.05, 0.1) is 0 Å². The van der Waals surface area contributed by atoms with E-state index in [1.54, 1.807) is 17.5 Å². The molecule has 0 N–H and O–H groups in total. The minimum Gasteiger partial charge on any atom is -0.353 e. The van der Waals surface area contributed by atoms with Crippen LogP contribution in [-0.2, 0) is 0 Å². The maximum Gasteiger partial charge on any atom is 0.208 e. The van der Waals surface area contributed by atoms with Gasteiger partial charge in [0.1, 0.15) is 4.60 Å². The molecule has 0 unspecified atom stereocenters. The topological polar surface area (TPSA) is 41.9 Å². The van der Waals surface area contributed by atoms with Gasteiger partial charge in [-0.05, 0) is 28.1 Å². The number of rotatable bonds is 2. The van der Waals surface area contributed by atoms with Gasteiger partial charge in [0.15, 0.2) is 5.01 Å². The molecule has 4 nitrogen and oxygen atoms in total. The summed E-state index contributed by atoms with van der Waals surface area (Å²) in [5.74, 6) is 0. The summed E-state index contributed by atoms with van der Waals surface area (Å²) < 4.78 is 0.798. The third-order valence-electron chi connectivity index (χ3n) is 1.79. The molecule has 0 amide bonds. The predicted molar refractivity (Wildman–Crippen MR) is 65.2 cm³/mol. The second-order valence-electron chi connectivity index (χ2n) is 3.13. The van der Waals surface area contributed by atoms with E-state index in [0.717, 1.165) is 20.3 Å². The van der Waals surface area contributed by atoms with Crippen LogP contribution in [0.3, 0.4) is 0 Å². The van der Waals surface area contributed by atoms with Crippen molar-refractivity contribution in [3.63, 3.8) is 0 Å². The van der Waals surface area contributed by atoms with Crippen LogP contribution in [0.2, 0.25) is 0 Å². The molecule has 6 heteroatoms. The minimum atomic E-state index is 0.798. The van der Waals surface area contributed by atoms with Gasteiger partial charge < -0.3 is 4.90 Å². The molecule has 2 heterocycles. The molecule has 0 radical (unpaired) electrons. The highest BCUT2D eigenvalue weighted by Crippen LogP contribution is 2.31. The van der Waals surface area contributed by atoms with E-state index in [4.69, 9.17) is 0 Å². The van der Waals surface area contributed by atoms with Crippen LogP contribution in [0.15, 0.2) is 22.9 Å². The Morgan fingerprint density at radius 2 is 2.13 bits per heavy atom. The van der Waals surface area contributed by atoms with Crippen LogP contribution in [0.4, 0.5) is 5.13 Å². The Bertz CT molecular complexity index is 469. The van der Waals surface area contributed by atoms with E-state index in [1.165, 1.54) is 0 Å². The van der Waals surface area contributed by atoms with E-state index in [9.17, 15) is 0 Å². The molecule has 0 bridgehead atoms. The lowest BCUT2D eigenvalue weighted by Crippen LogP contribution is -2.07. The third-order valence-corrected chi connectivity index (χ3v) is 3.54. The fourth-order valence-corrected chi connectivity index (χ4v) is 2.41. The van der Waals surface area contributed by atoms with Crippen LogP contribution in [0.5, 0.6) is 0 Å². The smallest absolute Gasteiger partial charge is 0.208 e. The summed E-state index contributed by atoms with van der Waals surface area (Å²) in [5.41, 5.74) is 0.975. The summed E-state index contributed by atoms with van der Waals surface area (Å²) in [6.45, 7) is 0. The molecule has 0 saturated heterocycles. The monoisotopic (exact) mass is 284 g/mol. The van der Waals surface area contributed by atoms with Crippen molar-refractivity contribution in [1.29, 1.82) is 0 Å². The number of halogens is 1. The van der Waals surface area contributed by atoms with Crippen molar-refractivity contribution in [2.75, 3.05) is 19.0 Å². The lowest BCUT2D eigenvalue weighted by atomic mass is 10.3. The number of pyridine rings is 1. The van der Waals surface area contributed by atoms with E-state index in [2.05, 4.69) is 31.1 Å². The van der Waals surface area contributed by atoms with Gasteiger partial charge in [0.25, 0.3) is 0 Å². The normalized spacial score (nSPS) is 10.3. The van der Waals surface area contributed by atoms with Crippen molar-refractivity contribution in [2.24, 2.45) is 0 Å². The van der Waals surface area contributed by atoms with Gasteiger partial charge >= 0.3 is 0 Å². The molecule has 0 saturated carbocycles. The molecule has 0 spiro atoms. The second kappa shape index (κ2) is 4.24. The molecule has 0 aliphatic heterocycles. The molecule has 78 valence electrons. The van der Waals surface area contributed by atoms with Gasteiger partial charge in [0.2, 0.25) is 5.13 Å². The van der Waals surface area contributed by atoms with Gasteiger partial charge in [-0.1, -0.05) is 11.3 Å². The summed E-state index contributed by atoms with van der Waals surface area (Å²) in [4.78, 5) is 6.09. The predicted octanol–water partition coefficient (Wildman–Crippen LogP) is 2.43. The molecule has 2 rings (SSSR count). The average molecular weight is 285 g/mol. The quantitative estimate of drug-likeness (QED) is 0.795. The Balaban J connectivity index is 2.42. The Hall–Kier alpha value is -1.01. The summed E-state index contributed by atoms with van der Waals surface area (Å²) in [5, 5.41) is 9.97. The van der Waals surface area contributed by atoms with Crippen LogP contribution < -0.4 is 4.90 Å². The number of aromatic nitrogens is 3. The molecule has 0 atom stereocenters. The van der Waals surface area contributed by atoms with Gasteiger partial charge in [-0.15, -0.1) is 10.2 Å². The summed E-state index contributed by atoms with van der Waals surface area (Å²) in [6, 6.07) is 3.86. The molecule has 2 aromatic rings. The number of hydrogen-bond acceptors (Lipinski definition) is 5. The van der Waals surface area contributed by atoms with E-state index in [-0.39, 0.29) is 0 Å². The zero-order chi connectivity index (χ0) is 10.8. The van der Waals surface area contributed by atoms with Crippen LogP contribution >= 0.6 is 27.3 Å².